The Labute approximate surface area is 111 Å². The highest BCUT2D eigenvalue weighted by atomic mass is 79.9. The number of nitrogens with zero attached hydrogens (tertiary/aromatic N) is 1. The second-order valence-corrected chi connectivity index (χ2v) is 5.39. The summed E-state index contributed by atoms with van der Waals surface area (Å²) in [5.74, 6) is 0. The van der Waals surface area contributed by atoms with Crippen LogP contribution < -0.4 is 10.2 Å². The molecule has 1 aliphatic rings. The van der Waals surface area contributed by atoms with E-state index in [1.807, 2.05) is 0 Å². The van der Waals surface area contributed by atoms with Crippen molar-refractivity contribution in [3.05, 3.63) is 28.2 Å². The summed E-state index contributed by atoms with van der Waals surface area (Å²) in [5.41, 5.74) is 2.50. The molecule has 1 heterocycles. The van der Waals surface area contributed by atoms with Gasteiger partial charge in [0.1, 0.15) is 0 Å². The molecular formula is C13H19BrN2O. The monoisotopic (exact) mass is 298 g/mol. The summed E-state index contributed by atoms with van der Waals surface area (Å²) in [5, 5.41) is 3.47. The van der Waals surface area contributed by atoms with E-state index in [0.717, 1.165) is 30.8 Å². The number of halogens is 1. The number of hydrogen-bond acceptors (Lipinski definition) is 3. The van der Waals surface area contributed by atoms with E-state index < -0.39 is 0 Å². The number of aryl methyl sites for hydroxylation is 1. The van der Waals surface area contributed by atoms with Crippen LogP contribution in [0, 0.1) is 6.92 Å². The Morgan fingerprint density at radius 2 is 2.35 bits per heavy atom. The van der Waals surface area contributed by atoms with Crippen molar-refractivity contribution in [2.24, 2.45) is 0 Å². The van der Waals surface area contributed by atoms with Crippen molar-refractivity contribution in [1.29, 1.82) is 0 Å². The summed E-state index contributed by atoms with van der Waals surface area (Å²) in [4.78, 5) is 2.26. The van der Waals surface area contributed by atoms with Crippen molar-refractivity contribution in [3.63, 3.8) is 0 Å². The first kappa shape index (κ1) is 12.9. The van der Waals surface area contributed by atoms with Crippen LogP contribution in [0.4, 0.5) is 5.69 Å². The van der Waals surface area contributed by atoms with Gasteiger partial charge in [-0.05, 0) is 24.6 Å². The van der Waals surface area contributed by atoms with Crippen LogP contribution in [-0.4, -0.2) is 39.4 Å². The number of likely N-dealkylation sites (N-methyl/N-ethyl adjacent to an activating group) is 1. The number of anilines is 1. The molecular weight excluding hydrogens is 280 g/mol. The van der Waals surface area contributed by atoms with Gasteiger partial charge in [0.15, 0.2) is 0 Å². The van der Waals surface area contributed by atoms with Gasteiger partial charge >= 0.3 is 0 Å². The zero-order valence-corrected chi connectivity index (χ0v) is 12.0. The zero-order chi connectivity index (χ0) is 12.3. The summed E-state index contributed by atoms with van der Waals surface area (Å²) < 4.78 is 6.63. The lowest BCUT2D eigenvalue weighted by Crippen LogP contribution is -2.47. The van der Waals surface area contributed by atoms with Crippen LogP contribution in [0.2, 0.25) is 0 Å². The van der Waals surface area contributed by atoms with Crippen molar-refractivity contribution >= 4 is 21.6 Å². The molecule has 0 aliphatic carbocycles. The lowest BCUT2D eigenvalue weighted by atomic mass is 10.2. The summed E-state index contributed by atoms with van der Waals surface area (Å²) in [6.07, 6.45) is 0. The number of ether oxygens (including phenoxy) is 1. The Bertz CT molecular complexity index is 378. The first-order chi connectivity index (χ1) is 8.16. The Morgan fingerprint density at radius 3 is 3.00 bits per heavy atom. The molecule has 1 atom stereocenters. The second-order valence-electron chi connectivity index (χ2n) is 4.54. The standard InChI is InChI=1S/C13H19BrN2O/c1-10-3-4-12(7-13(10)14)16(2)8-11-9-17-6-5-15-11/h3-4,7,11,15H,5-6,8-9H2,1-2H3. The van der Waals surface area contributed by atoms with Gasteiger partial charge in [0.25, 0.3) is 0 Å². The lowest BCUT2D eigenvalue weighted by molar-refractivity contribution is 0.0791. The van der Waals surface area contributed by atoms with E-state index in [0.29, 0.717) is 6.04 Å². The lowest BCUT2D eigenvalue weighted by Gasteiger charge is -2.29. The Balaban J connectivity index is 1.98. The highest BCUT2D eigenvalue weighted by Gasteiger charge is 2.15. The van der Waals surface area contributed by atoms with Crippen LogP contribution >= 0.6 is 15.9 Å². The van der Waals surface area contributed by atoms with Crippen LogP contribution in [0.25, 0.3) is 0 Å². The van der Waals surface area contributed by atoms with Crippen molar-refractivity contribution in [1.82, 2.24) is 5.32 Å². The molecule has 1 N–H and O–H groups in total. The van der Waals surface area contributed by atoms with Gasteiger partial charge in [-0.1, -0.05) is 22.0 Å². The van der Waals surface area contributed by atoms with Gasteiger partial charge in [-0.15, -0.1) is 0 Å². The third-order valence-corrected chi connectivity index (χ3v) is 3.94. The summed E-state index contributed by atoms with van der Waals surface area (Å²) in [7, 11) is 2.12. The maximum absolute atomic E-state index is 5.46. The largest absolute Gasteiger partial charge is 0.378 e. The first-order valence-electron chi connectivity index (χ1n) is 5.95. The summed E-state index contributed by atoms with van der Waals surface area (Å²) in [6.45, 7) is 5.66. The fourth-order valence-electron chi connectivity index (χ4n) is 1.99. The zero-order valence-electron chi connectivity index (χ0n) is 10.4. The van der Waals surface area contributed by atoms with Crippen LogP contribution in [0.5, 0.6) is 0 Å². The molecule has 0 saturated carbocycles. The number of nitrogens with one attached hydrogen (secondary N) is 1. The van der Waals surface area contributed by atoms with Crippen molar-refractivity contribution in [2.45, 2.75) is 13.0 Å². The smallest absolute Gasteiger partial charge is 0.0637 e. The SMILES string of the molecule is Cc1ccc(N(C)CC2COCCN2)cc1Br. The fourth-order valence-corrected chi connectivity index (χ4v) is 2.36. The average molecular weight is 299 g/mol. The normalized spacial score (nSPS) is 20.3. The van der Waals surface area contributed by atoms with Crippen LogP contribution in [0.15, 0.2) is 22.7 Å². The molecule has 0 spiro atoms. The van der Waals surface area contributed by atoms with E-state index >= 15 is 0 Å². The topological polar surface area (TPSA) is 24.5 Å². The molecule has 0 bridgehead atoms. The number of hydrogen-bond donors (Lipinski definition) is 1. The minimum Gasteiger partial charge on any atom is -0.378 e. The highest BCUT2D eigenvalue weighted by molar-refractivity contribution is 9.10. The Kier molecular flexibility index (Phi) is 4.42. The molecule has 1 aliphatic heterocycles. The van der Waals surface area contributed by atoms with E-state index in [-0.39, 0.29) is 0 Å². The molecule has 1 aromatic carbocycles. The van der Waals surface area contributed by atoms with Crippen LogP contribution in [-0.2, 0) is 4.74 Å². The van der Waals surface area contributed by atoms with Crippen molar-refractivity contribution in [3.8, 4) is 0 Å². The number of rotatable bonds is 3. The van der Waals surface area contributed by atoms with Gasteiger partial charge in [0.2, 0.25) is 0 Å². The third kappa shape index (κ3) is 3.44. The van der Waals surface area contributed by atoms with Gasteiger partial charge in [-0.2, -0.15) is 0 Å². The molecule has 1 saturated heterocycles. The predicted molar refractivity (Wildman–Crippen MR) is 74.8 cm³/mol. The molecule has 0 radical (unpaired) electrons. The minimum absolute atomic E-state index is 0.425. The maximum atomic E-state index is 5.46. The predicted octanol–water partition coefficient (Wildman–Crippen LogP) is 2.18. The molecule has 1 aromatic rings. The fraction of sp³-hybridized carbons (Fsp3) is 0.538. The van der Waals surface area contributed by atoms with E-state index in [1.165, 1.54) is 11.3 Å². The van der Waals surface area contributed by atoms with Crippen LogP contribution in [0.3, 0.4) is 0 Å². The van der Waals surface area contributed by atoms with Gasteiger partial charge in [0.05, 0.1) is 13.2 Å². The van der Waals surface area contributed by atoms with Gasteiger partial charge < -0.3 is 15.0 Å². The molecule has 2 rings (SSSR count). The Morgan fingerprint density at radius 1 is 1.53 bits per heavy atom. The average Bonchev–Trinajstić information content (AvgIpc) is 2.34. The van der Waals surface area contributed by atoms with E-state index in [1.54, 1.807) is 0 Å². The van der Waals surface area contributed by atoms with Gasteiger partial charge in [-0.25, -0.2) is 0 Å². The van der Waals surface area contributed by atoms with E-state index in [2.05, 4.69) is 58.3 Å². The number of morpholine rings is 1. The third-order valence-electron chi connectivity index (χ3n) is 3.09. The molecule has 0 amide bonds. The molecule has 94 valence electrons. The minimum atomic E-state index is 0.425. The molecule has 1 unspecified atom stereocenters. The van der Waals surface area contributed by atoms with Crippen molar-refractivity contribution < 1.29 is 4.74 Å². The van der Waals surface area contributed by atoms with Gasteiger partial charge in [-0.3, -0.25) is 0 Å². The summed E-state index contributed by atoms with van der Waals surface area (Å²) >= 11 is 3.57. The first-order valence-corrected chi connectivity index (χ1v) is 6.74. The molecule has 17 heavy (non-hydrogen) atoms. The van der Waals surface area contributed by atoms with Crippen LogP contribution in [0.1, 0.15) is 5.56 Å². The Hall–Kier alpha value is -0.580. The van der Waals surface area contributed by atoms with E-state index in [9.17, 15) is 0 Å². The summed E-state index contributed by atoms with van der Waals surface area (Å²) in [6, 6.07) is 6.89. The highest BCUT2D eigenvalue weighted by Crippen LogP contribution is 2.23. The van der Waals surface area contributed by atoms with Gasteiger partial charge in [0, 0.05) is 36.3 Å². The molecule has 4 heteroatoms. The second kappa shape index (κ2) is 5.85. The molecule has 3 nitrogen and oxygen atoms in total. The number of benzene rings is 1. The quantitative estimate of drug-likeness (QED) is 0.926. The maximum Gasteiger partial charge on any atom is 0.0637 e. The van der Waals surface area contributed by atoms with E-state index in [4.69, 9.17) is 4.74 Å². The molecule has 0 aromatic heterocycles. The molecule has 1 fully saturated rings. The van der Waals surface area contributed by atoms with Crippen molar-refractivity contribution in [2.75, 3.05) is 38.3 Å².